The van der Waals surface area contributed by atoms with Crippen molar-refractivity contribution in [1.29, 1.82) is 0 Å². The number of hydrogen-bond acceptors (Lipinski definition) is 5. The molecule has 0 unspecified atom stereocenters. The number of rotatable bonds is 6. The Morgan fingerprint density at radius 3 is 2.87 bits per heavy atom. The fraction of sp³-hybridized carbons (Fsp3) is 0.235. The normalized spacial score (nSPS) is 10.7. The van der Waals surface area contributed by atoms with Crippen molar-refractivity contribution in [3.8, 4) is 5.88 Å². The van der Waals surface area contributed by atoms with E-state index in [1.807, 2.05) is 18.2 Å². The third kappa shape index (κ3) is 3.84. The van der Waals surface area contributed by atoms with Gasteiger partial charge in [0.15, 0.2) is 0 Å². The molecule has 0 fully saturated rings. The number of fused-ring (bicyclic) bond motifs is 1. The van der Waals surface area contributed by atoms with Crippen molar-refractivity contribution in [2.45, 2.75) is 12.8 Å². The Kier molecular flexibility index (Phi) is 4.83. The van der Waals surface area contributed by atoms with E-state index in [1.165, 1.54) is 10.9 Å². The van der Waals surface area contributed by atoms with Crippen LogP contribution in [0.15, 0.2) is 42.6 Å². The van der Waals surface area contributed by atoms with Crippen molar-refractivity contribution in [3.63, 3.8) is 0 Å². The Morgan fingerprint density at radius 1 is 1.26 bits per heavy atom. The van der Waals surface area contributed by atoms with Gasteiger partial charge in [-0.05, 0) is 24.6 Å². The SMILES string of the molecule is COc1ccc(C(=O)NCCCc2nc3ccccc3s2)cn1. The second-order valence-corrected chi connectivity index (χ2v) is 6.14. The van der Waals surface area contributed by atoms with Gasteiger partial charge < -0.3 is 10.1 Å². The van der Waals surface area contributed by atoms with E-state index >= 15 is 0 Å². The monoisotopic (exact) mass is 327 g/mol. The molecule has 1 N–H and O–H groups in total. The number of nitrogens with zero attached hydrogens (tertiary/aromatic N) is 2. The predicted molar refractivity (Wildman–Crippen MR) is 91.1 cm³/mol. The Bertz CT molecular complexity index is 766. The molecule has 0 saturated heterocycles. The highest BCUT2D eigenvalue weighted by molar-refractivity contribution is 7.18. The van der Waals surface area contributed by atoms with Crippen LogP contribution in [-0.2, 0) is 6.42 Å². The number of carbonyl (C=O) groups excluding carboxylic acids is 1. The molecule has 0 bridgehead atoms. The number of amides is 1. The van der Waals surface area contributed by atoms with Crippen LogP contribution in [0.1, 0.15) is 21.8 Å². The predicted octanol–water partition coefficient (Wildman–Crippen LogP) is 3.06. The minimum absolute atomic E-state index is 0.121. The van der Waals surface area contributed by atoms with E-state index in [4.69, 9.17) is 4.74 Å². The number of benzene rings is 1. The van der Waals surface area contributed by atoms with E-state index in [0.717, 1.165) is 23.4 Å². The van der Waals surface area contributed by atoms with Crippen molar-refractivity contribution in [2.75, 3.05) is 13.7 Å². The summed E-state index contributed by atoms with van der Waals surface area (Å²) >= 11 is 1.71. The minimum Gasteiger partial charge on any atom is -0.481 e. The second-order valence-electron chi connectivity index (χ2n) is 5.02. The summed E-state index contributed by atoms with van der Waals surface area (Å²) in [6.07, 6.45) is 3.23. The largest absolute Gasteiger partial charge is 0.481 e. The van der Waals surface area contributed by atoms with Crippen LogP contribution < -0.4 is 10.1 Å². The van der Waals surface area contributed by atoms with E-state index < -0.39 is 0 Å². The summed E-state index contributed by atoms with van der Waals surface area (Å²) in [5.74, 6) is 0.377. The quantitative estimate of drug-likeness (QED) is 0.707. The summed E-state index contributed by atoms with van der Waals surface area (Å²) in [5, 5.41) is 4.00. The highest BCUT2D eigenvalue weighted by atomic mass is 32.1. The van der Waals surface area contributed by atoms with Gasteiger partial charge in [0.1, 0.15) is 0 Å². The zero-order valence-electron chi connectivity index (χ0n) is 12.8. The Balaban J connectivity index is 1.47. The Hall–Kier alpha value is -2.47. The number of pyridine rings is 1. The summed E-state index contributed by atoms with van der Waals surface area (Å²) in [7, 11) is 1.55. The van der Waals surface area contributed by atoms with E-state index in [-0.39, 0.29) is 5.91 Å². The number of carbonyl (C=O) groups is 1. The zero-order valence-corrected chi connectivity index (χ0v) is 13.6. The number of aromatic nitrogens is 2. The maximum absolute atomic E-state index is 12.0. The molecule has 2 aromatic heterocycles. The summed E-state index contributed by atoms with van der Waals surface area (Å²) in [6, 6.07) is 11.5. The van der Waals surface area contributed by atoms with E-state index in [2.05, 4.69) is 21.4 Å². The van der Waals surface area contributed by atoms with Crippen LogP contribution in [0.3, 0.4) is 0 Å². The van der Waals surface area contributed by atoms with Crippen molar-refractivity contribution >= 4 is 27.5 Å². The number of thiazole rings is 1. The van der Waals surface area contributed by atoms with Crippen LogP contribution in [0.4, 0.5) is 0 Å². The summed E-state index contributed by atoms with van der Waals surface area (Å²) < 4.78 is 6.18. The lowest BCUT2D eigenvalue weighted by molar-refractivity contribution is 0.0953. The fourth-order valence-electron chi connectivity index (χ4n) is 2.21. The number of nitrogens with one attached hydrogen (secondary N) is 1. The van der Waals surface area contributed by atoms with E-state index in [1.54, 1.807) is 30.6 Å². The van der Waals surface area contributed by atoms with Gasteiger partial charge in [-0.1, -0.05) is 12.1 Å². The summed E-state index contributed by atoms with van der Waals surface area (Å²) in [4.78, 5) is 20.6. The highest BCUT2D eigenvalue weighted by Gasteiger charge is 2.07. The molecule has 0 saturated carbocycles. The topological polar surface area (TPSA) is 64.1 Å². The summed E-state index contributed by atoms with van der Waals surface area (Å²) in [6.45, 7) is 0.612. The Morgan fingerprint density at radius 2 is 2.13 bits per heavy atom. The average Bonchev–Trinajstić information content (AvgIpc) is 3.01. The molecule has 3 aromatic rings. The number of aryl methyl sites for hydroxylation is 1. The van der Waals surface area contributed by atoms with Gasteiger partial charge in [0, 0.05) is 25.2 Å². The first-order chi connectivity index (χ1) is 11.3. The van der Waals surface area contributed by atoms with Crippen LogP contribution in [0, 0.1) is 0 Å². The first kappa shape index (κ1) is 15.4. The lowest BCUT2D eigenvalue weighted by Gasteiger charge is -2.05. The van der Waals surface area contributed by atoms with Gasteiger partial charge in [0.05, 0.1) is 27.9 Å². The molecule has 118 valence electrons. The first-order valence-electron chi connectivity index (χ1n) is 7.39. The van der Waals surface area contributed by atoms with E-state index in [9.17, 15) is 4.79 Å². The van der Waals surface area contributed by atoms with Crippen LogP contribution in [0.5, 0.6) is 5.88 Å². The van der Waals surface area contributed by atoms with E-state index in [0.29, 0.717) is 18.0 Å². The third-order valence-corrected chi connectivity index (χ3v) is 4.49. The lowest BCUT2D eigenvalue weighted by atomic mass is 10.2. The zero-order chi connectivity index (χ0) is 16.1. The number of para-hydroxylation sites is 1. The molecule has 5 nitrogen and oxygen atoms in total. The molecular weight excluding hydrogens is 310 g/mol. The molecule has 0 atom stereocenters. The lowest BCUT2D eigenvalue weighted by Crippen LogP contribution is -2.24. The van der Waals surface area contributed by atoms with Gasteiger partial charge in [-0.25, -0.2) is 9.97 Å². The maximum atomic E-state index is 12.0. The highest BCUT2D eigenvalue weighted by Crippen LogP contribution is 2.22. The molecule has 2 heterocycles. The average molecular weight is 327 g/mol. The second kappa shape index (κ2) is 7.19. The Labute approximate surface area is 138 Å². The smallest absolute Gasteiger partial charge is 0.252 e. The number of hydrogen-bond donors (Lipinski definition) is 1. The van der Waals surface area contributed by atoms with Gasteiger partial charge in [0.2, 0.25) is 5.88 Å². The van der Waals surface area contributed by atoms with Gasteiger partial charge in [-0.2, -0.15) is 0 Å². The van der Waals surface area contributed by atoms with Crippen molar-refractivity contribution in [1.82, 2.24) is 15.3 Å². The van der Waals surface area contributed by atoms with Crippen LogP contribution in [0.2, 0.25) is 0 Å². The molecule has 3 rings (SSSR count). The van der Waals surface area contributed by atoms with Crippen LogP contribution in [0.25, 0.3) is 10.2 Å². The molecule has 1 aromatic carbocycles. The third-order valence-electron chi connectivity index (χ3n) is 3.40. The molecule has 0 radical (unpaired) electrons. The van der Waals surface area contributed by atoms with Crippen molar-refractivity contribution in [2.24, 2.45) is 0 Å². The molecule has 6 heteroatoms. The van der Waals surface area contributed by atoms with Crippen LogP contribution >= 0.6 is 11.3 Å². The molecule has 0 aliphatic rings. The first-order valence-corrected chi connectivity index (χ1v) is 8.20. The van der Waals surface area contributed by atoms with Crippen molar-refractivity contribution in [3.05, 3.63) is 53.2 Å². The van der Waals surface area contributed by atoms with Crippen LogP contribution in [-0.4, -0.2) is 29.5 Å². The molecule has 0 aliphatic carbocycles. The van der Waals surface area contributed by atoms with Gasteiger partial charge >= 0.3 is 0 Å². The molecule has 0 spiro atoms. The fourth-order valence-corrected chi connectivity index (χ4v) is 3.21. The van der Waals surface area contributed by atoms with Gasteiger partial charge in [0.25, 0.3) is 5.91 Å². The van der Waals surface area contributed by atoms with Gasteiger partial charge in [-0.15, -0.1) is 11.3 Å². The molecule has 23 heavy (non-hydrogen) atoms. The maximum Gasteiger partial charge on any atom is 0.252 e. The van der Waals surface area contributed by atoms with Gasteiger partial charge in [-0.3, -0.25) is 4.79 Å². The summed E-state index contributed by atoms with van der Waals surface area (Å²) in [5.41, 5.74) is 1.58. The number of ether oxygens (including phenoxy) is 1. The molecule has 0 aliphatic heterocycles. The number of methoxy groups -OCH3 is 1. The standard InChI is InChI=1S/C17H17N3O2S/c1-22-15-9-8-12(11-19-15)17(21)18-10-4-7-16-20-13-5-2-3-6-14(13)23-16/h2-3,5-6,8-9,11H,4,7,10H2,1H3,(H,18,21). The molecule has 1 amide bonds. The van der Waals surface area contributed by atoms with Crippen molar-refractivity contribution < 1.29 is 9.53 Å². The minimum atomic E-state index is -0.121. The molecular formula is C17H17N3O2S.